The number of oxazole rings is 1. The molecule has 2 N–H and O–H groups in total. The lowest BCUT2D eigenvalue weighted by atomic mass is 10.2. The Morgan fingerprint density at radius 2 is 2.00 bits per heavy atom. The summed E-state index contributed by atoms with van der Waals surface area (Å²) in [6.45, 7) is 0.550. The molecule has 2 aromatic carbocycles. The third-order valence-corrected chi connectivity index (χ3v) is 3.26. The van der Waals surface area contributed by atoms with Crippen LogP contribution >= 0.6 is 11.6 Å². The second kappa shape index (κ2) is 5.71. The summed E-state index contributed by atoms with van der Waals surface area (Å²) in [6.07, 6.45) is 0. The Bertz CT molecular complexity index is 771. The highest BCUT2D eigenvalue weighted by Gasteiger charge is 2.12. The molecule has 0 spiro atoms. The van der Waals surface area contributed by atoms with Crippen molar-refractivity contribution in [2.45, 2.75) is 0 Å². The minimum atomic E-state index is -0.448. The molecule has 3 aromatic rings. The van der Waals surface area contributed by atoms with E-state index < -0.39 is 5.82 Å². The smallest absolute Gasteiger partial charge is 0.227 e. The number of nitrogens with one attached hydrogen (secondary N) is 1. The molecule has 108 valence electrons. The molecule has 0 unspecified atom stereocenters. The Kier molecular flexibility index (Phi) is 3.77. The number of anilines is 1. The molecule has 3 rings (SSSR count). The molecular weight excluding hydrogens is 295 g/mol. The number of halogens is 2. The number of fused-ring (bicyclic) bond motifs is 1. The molecule has 4 nitrogen and oxygen atoms in total. The van der Waals surface area contributed by atoms with Crippen LogP contribution < -0.4 is 5.32 Å². The van der Waals surface area contributed by atoms with Gasteiger partial charge in [-0.05, 0) is 30.3 Å². The van der Waals surface area contributed by atoms with Crippen LogP contribution in [0.5, 0.6) is 0 Å². The molecule has 1 aromatic heterocycles. The Labute approximate surface area is 125 Å². The molecule has 0 atom stereocenters. The van der Waals surface area contributed by atoms with E-state index in [1.54, 1.807) is 0 Å². The van der Waals surface area contributed by atoms with E-state index in [1.165, 1.54) is 12.1 Å². The van der Waals surface area contributed by atoms with Crippen LogP contribution in [0.4, 0.5) is 10.1 Å². The van der Waals surface area contributed by atoms with E-state index in [1.807, 2.05) is 24.3 Å². The van der Waals surface area contributed by atoms with Gasteiger partial charge in [0.2, 0.25) is 5.89 Å². The fraction of sp³-hybridized carbons (Fsp3) is 0.133. The van der Waals surface area contributed by atoms with Crippen LogP contribution in [0.15, 0.2) is 40.8 Å². The number of rotatable bonds is 4. The lowest BCUT2D eigenvalue weighted by molar-refractivity contribution is 0.311. The zero-order valence-corrected chi connectivity index (χ0v) is 11.7. The number of aliphatic hydroxyl groups is 1. The number of benzene rings is 2. The van der Waals surface area contributed by atoms with Gasteiger partial charge in [0.15, 0.2) is 5.58 Å². The highest BCUT2D eigenvalue weighted by Crippen LogP contribution is 2.30. The Morgan fingerprint density at radius 3 is 2.71 bits per heavy atom. The average Bonchev–Trinajstić information content (AvgIpc) is 2.90. The molecule has 6 heteroatoms. The summed E-state index contributed by atoms with van der Waals surface area (Å²) in [7, 11) is 0. The van der Waals surface area contributed by atoms with E-state index in [9.17, 15) is 4.39 Å². The van der Waals surface area contributed by atoms with Crippen molar-refractivity contribution < 1.29 is 13.9 Å². The highest BCUT2D eigenvalue weighted by molar-refractivity contribution is 6.34. The van der Waals surface area contributed by atoms with Crippen LogP contribution in [0, 0.1) is 5.82 Å². The number of nitrogens with zero attached hydrogens (tertiary/aromatic N) is 1. The van der Waals surface area contributed by atoms with Crippen molar-refractivity contribution >= 4 is 28.4 Å². The first-order valence-electron chi connectivity index (χ1n) is 6.38. The highest BCUT2D eigenvalue weighted by atomic mass is 35.5. The maximum Gasteiger partial charge on any atom is 0.227 e. The molecule has 0 saturated heterocycles. The molecular formula is C15H12ClFN2O2. The van der Waals surface area contributed by atoms with Crippen LogP contribution in [-0.2, 0) is 0 Å². The topological polar surface area (TPSA) is 58.3 Å². The van der Waals surface area contributed by atoms with Crippen molar-refractivity contribution in [3.8, 4) is 11.5 Å². The number of hydrogen-bond donors (Lipinski definition) is 2. The maximum atomic E-state index is 13.3. The maximum absolute atomic E-state index is 13.3. The fourth-order valence-electron chi connectivity index (χ4n) is 2.01. The van der Waals surface area contributed by atoms with Gasteiger partial charge in [-0.25, -0.2) is 9.37 Å². The van der Waals surface area contributed by atoms with Crippen molar-refractivity contribution in [3.63, 3.8) is 0 Å². The summed E-state index contributed by atoms with van der Waals surface area (Å²) >= 11 is 5.94. The first kappa shape index (κ1) is 13.9. The van der Waals surface area contributed by atoms with Crippen molar-refractivity contribution in [1.82, 2.24) is 4.98 Å². The normalized spacial score (nSPS) is 11.0. The molecule has 0 radical (unpaired) electrons. The minimum absolute atomic E-state index is 0.0664. The molecule has 0 aliphatic heterocycles. The van der Waals surface area contributed by atoms with Gasteiger partial charge in [-0.1, -0.05) is 11.6 Å². The van der Waals surface area contributed by atoms with Gasteiger partial charge >= 0.3 is 0 Å². The van der Waals surface area contributed by atoms with Crippen LogP contribution in [0.2, 0.25) is 5.02 Å². The van der Waals surface area contributed by atoms with Crippen molar-refractivity contribution in [2.24, 2.45) is 0 Å². The molecule has 0 bridgehead atoms. The van der Waals surface area contributed by atoms with E-state index >= 15 is 0 Å². The summed E-state index contributed by atoms with van der Waals surface area (Å²) < 4.78 is 18.9. The quantitative estimate of drug-likeness (QED) is 0.772. The van der Waals surface area contributed by atoms with Gasteiger partial charge in [-0.3, -0.25) is 0 Å². The van der Waals surface area contributed by atoms with Gasteiger partial charge in [0, 0.05) is 23.9 Å². The lowest BCUT2D eigenvalue weighted by Gasteiger charge is -2.04. The van der Waals surface area contributed by atoms with Crippen LogP contribution in [-0.4, -0.2) is 23.2 Å². The molecule has 0 saturated carbocycles. The number of aromatic nitrogens is 1. The SMILES string of the molecule is OCCNc1ccc(-c2nc3cc(F)cc(Cl)c3o2)cc1. The lowest BCUT2D eigenvalue weighted by Crippen LogP contribution is -2.04. The van der Waals surface area contributed by atoms with Gasteiger partial charge in [0.1, 0.15) is 11.3 Å². The van der Waals surface area contributed by atoms with E-state index in [2.05, 4.69) is 10.3 Å². The average molecular weight is 307 g/mol. The molecule has 1 heterocycles. The third-order valence-electron chi connectivity index (χ3n) is 2.98. The standard InChI is InChI=1S/C15H12ClFN2O2/c16-12-7-10(17)8-13-14(12)21-15(19-13)9-1-3-11(4-2-9)18-5-6-20/h1-4,7-8,18,20H,5-6H2. The van der Waals surface area contributed by atoms with Gasteiger partial charge in [-0.15, -0.1) is 0 Å². The van der Waals surface area contributed by atoms with Gasteiger partial charge < -0.3 is 14.8 Å². The van der Waals surface area contributed by atoms with E-state index in [0.717, 1.165) is 11.3 Å². The van der Waals surface area contributed by atoms with E-state index in [-0.39, 0.29) is 11.6 Å². The van der Waals surface area contributed by atoms with E-state index in [0.29, 0.717) is 23.5 Å². The fourth-order valence-corrected chi connectivity index (χ4v) is 2.25. The molecule has 0 aliphatic carbocycles. The summed E-state index contributed by atoms with van der Waals surface area (Å²) in [4.78, 5) is 4.24. The first-order chi connectivity index (χ1) is 10.2. The predicted octanol–water partition coefficient (Wildman–Crippen LogP) is 3.69. The van der Waals surface area contributed by atoms with Gasteiger partial charge in [0.25, 0.3) is 0 Å². The summed E-state index contributed by atoms with van der Waals surface area (Å²) in [5.74, 6) is -0.0675. The molecule has 0 aliphatic rings. The van der Waals surface area contributed by atoms with Crippen molar-refractivity contribution in [1.29, 1.82) is 0 Å². The zero-order chi connectivity index (χ0) is 14.8. The molecule has 0 amide bonds. The Hall–Kier alpha value is -2.11. The van der Waals surface area contributed by atoms with Crippen LogP contribution in [0.1, 0.15) is 0 Å². The third kappa shape index (κ3) is 2.84. The minimum Gasteiger partial charge on any atom is -0.435 e. The Balaban J connectivity index is 1.95. The Morgan fingerprint density at radius 1 is 1.24 bits per heavy atom. The monoisotopic (exact) mass is 306 g/mol. The number of aliphatic hydroxyl groups excluding tert-OH is 1. The zero-order valence-electron chi connectivity index (χ0n) is 10.9. The van der Waals surface area contributed by atoms with Crippen LogP contribution in [0.25, 0.3) is 22.6 Å². The van der Waals surface area contributed by atoms with Gasteiger partial charge in [0.05, 0.1) is 11.6 Å². The second-order valence-corrected chi connectivity index (χ2v) is 4.89. The van der Waals surface area contributed by atoms with Crippen molar-refractivity contribution in [2.75, 3.05) is 18.5 Å². The predicted molar refractivity (Wildman–Crippen MR) is 80.0 cm³/mol. The van der Waals surface area contributed by atoms with Crippen LogP contribution in [0.3, 0.4) is 0 Å². The molecule has 0 fully saturated rings. The molecule has 21 heavy (non-hydrogen) atoms. The van der Waals surface area contributed by atoms with Crippen molar-refractivity contribution in [3.05, 3.63) is 47.2 Å². The van der Waals surface area contributed by atoms with E-state index in [4.69, 9.17) is 21.1 Å². The summed E-state index contributed by atoms with van der Waals surface area (Å²) in [6, 6.07) is 9.83. The first-order valence-corrected chi connectivity index (χ1v) is 6.76. The van der Waals surface area contributed by atoms with Gasteiger partial charge in [-0.2, -0.15) is 0 Å². The number of hydrogen-bond acceptors (Lipinski definition) is 4. The largest absolute Gasteiger partial charge is 0.435 e. The summed E-state index contributed by atoms with van der Waals surface area (Å²) in [5, 5.41) is 12.0. The second-order valence-electron chi connectivity index (χ2n) is 4.48. The summed E-state index contributed by atoms with van der Waals surface area (Å²) in [5.41, 5.74) is 2.40.